The zero-order valence-electron chi connectivity index (χ0n) is 6.08. The maximum absolute atomic E-state index is 9.22. The summed E-state index contributed by atoms with van der Waals surface area (Å²) in [5.41, 5.74) is 0. The van der Waals surface area contributed by atoms with E-state index in [1.165, 1.54) is 0 Å². The third-order valence-corrected chi connectivity index (χ3v) is 3.53. The maximum atomic E-state index is 9.22. The van der Waals surface area contributed by atoms with Crippen LogP contribution in [0.3, 0.4) is 0 Å². The number of aliphatic hydroxyl groups is 5. The van der Waals surface area contributed by atoms with Crippen LogP contribution in [0.2, 0.25) is 0 Å². The van der Waals surface area contributed by atoms with Crippen LogP contribution in [0.4, 0.5) is 0 Å². The monoisotopic (exact) mass is 290 g/mol. The third-order valence-electron chi connectivity index (χ3n) is 2.05. The summed E-state index contributed by atoms with van der Waals surface area (Å²) < 4.78 is -0.670. The molecular formula is C6H11IO5. The SMILES string of the molecule is OC1C(O)C(O)C(I)C(O)C1O. The molecule has 0 aliphatic heterocycles. The fourth-order valence-electron chi connectivity index (χ4n) is 1.18. The molecule has 12 heavy (non-hydrogen) atoms. The van der Waals surface area contributed by atoms with E-state index in [1.54, 1.807) is 22.6 Å². The average Bonchev–Trinajstić information content (AvgIpc) is 2.08. The quantitative estimate of drug-likeness (QED) is 0.253. The number of hydrogen-bond acceptors (Lipinski definition) is 5. The van der Waals surface area contributed by atoms with Gasteiger partial charge in [0.15, 0.2) is 0 Å². The van der Waals surface area contributed by atoms with Crippen molar-refractivity contribution in [2.45, 2.75) is 34.4 Å². The van der Waals surface area contributed by atoms with Crippen molar-refractivity contribution >= 4 is 22.6 Å². The Hall–Kier alpha value is 0.530. The lowest BCUT2D eigenvalue weighted by atomic mass is 9.87. The lowest BCUT2D eigenvalue weighted by Crippen LogP contribution is -2.61. The first-order chi connectivity index (χ1) is 5.46. The van der Waals surface area contributed by atoms with Gasteiger partial charge >= 0.3 is 0 Å². The zero-order chi connectivity index (χ0) is 9.46. The smallest absolute Gasteiger partial charge is 0.111 e. The van der Waals surface area contributed by atoms with Crippen molar-refractivity contribution in [1.29, 1.82) is 0 Å². The normalized spacial score (nSPS) is 55.5. The van der Waals surface area contributed by atoms with Crippen LogP contribution in [0, 0.1) is 0 Å². The summed E-state index contributed by atoms with van der Waals surface area (Å²) >= 11 is 1.72. The fraction of sp³-hybridized carbons (Fsp3) is 1.00. The molecule has 6 heteroatoms. The van der Waals surface area contributed by atoms with Crippen LogP contribution in [0.1, 0.15) is 0 Å². The molecule has 0 saturated heterocycles. The Kier molecular flexibility index (Phi) is 3.29. The van der Waals surface area contributed by atoms with E-state index in [1.807, 2.05) is 0 Å². The minimum absolute atomic E-state index is 0.670. The molecular weight excluding hydrogens is 279 g/mol. The third kappa shape index (κ3) is 1.59. The Morgan fingerprint density at radius 3 is 1.17 bits per heavy atom. The lowest BCUT2D eigenvalue weighted by molar-refractivity contribution is -0.169. The molecule has 5 nitrogen and oxygen atoms in total. The predicted molar refractivity (Wildman–Crippen MR) is 47.8 cm³/mol. The van der Waals surface area contributed by atoms with Crippen LogP contribution in [-0.2, 0) is 0 Å². The summed E-state index contributed by atoms with van der Waals surface area (Å²) in [6.45, 7) is 0. The largest absolute Gasteiger partial charge is 0.389 e. The van der Waals surface area contributed by atoms with Gasteiger partial charge in [0.2, 0.25) is 0 Å². The molecule has 0 radical (unpaired) electrons. The van der Waals surface area contributed by atoms with E-state index < -0.39 is 34.4 Å². The standard InChI is InChI=1S/C6H11IO5/c7-1-2(8)4(10)6(12)5(11)3(1)9/h1-6,8-12H. The van der Waals surface area contributed by atoms with Crippen LogP contribution in [0.5, 0.6) is 0 Å². The van der Waals surface area contributed by atoms with Gasteiger partial charge in [-0.2, -0.15) is 0 Å². The van der Waals surface area contributed by atoms with Gasteiger partial charge in [-0.15, -0.1) is 0 Å². The number of halogens is 1. The van der Waals surface area contributed by atoms with E-state index in [4.69, 9.17) is 15.3 Å². The molecule has 0 heterocycles. The van der Waals surface area contributed by atoms with Gasteiger partial charge in [-0.05, 0) is 0 Å². The second kappa shape index (κ2) is 3.72. The highest BCUT2D eigenvalue weighted by atomic mass is 127. The summed E-state index contributed by atoms with van der Waals surface area (Å²) in [6.07, 6.45) is -6.70. The van der Waals surface area contributed by atoms with Gasteiger partial charge in [-0.25, -0.2) is 0 Å². The minimum atomic E-state index is -1.49. The first-order valence-electron chi connectivity index (χ1n) is 3.51. The molecule has 1 aliphatic rings. The second-order valence-corrected chi connectivity index (χ2v) is 4.34. The van der Waals surface area contributed by atoms with E-state index in [0.29, 0.717) is 0 Å². The summed E-state index contributed by atoms with van der Waals surface area (Å²) in [5, 5.41) is 45.8. The molecule has 4 unspecified atom stereocenters. The molecule has 0 spiro atoms. The molecule has 0 bridgehead atoms. The Morgan fingerprint density at radius 2 is 0.833 bits per heavy atom. The molecule has 1 rings (SSSR count). The first-order valence-corrected chi connectivity index (χ1v) is 4.75. The number of rotatable bonds is 0. The highest BCUT2D eigenvalue weighted by Gasteiger charge is 2.46. The molecule has 5 N–H and O–H groups in total. The molecule has 4 atom stereocenters. The highest BCUT2D eigenvalue weighted by Crippen LogP contribution is 2.26. The van der Waals surface area contributed by atoms with Crippen molar-refractivity contribution in [3.63, 3.8) is 0 Å². The van der Waals surface area contributed by atoms with Crippen molar-refractivity contribution in [2.75, 3.05) is 0 Å². The van der Waals surface area contributed by atoms with Crippen LogP contribution in [0.15, 0.2) is 0 Å². The molecule has 1 fully saturated rings. The summed E-state index contributed by atoms with van der Waals surface area (Å²) in [5.74, 6) is 0. The lowest BCUT2D eigenvalue weighted by Gasteiger charge is -2.39. The Balaban J connectivity index is 2.76. The summed E-state index contributed by atoms with van der Waals surface area (Å²) in [6, 6.07) is 0. The zero-order valence-corrected chi connectivity index (χ0v) is 8.24. The average molecular weight is 290 g/mol. The van der Waals surface area contributed by atoms with Crippen molar-refractivity contribution in [3.05, 3.63) is 0 Å². The Morgan fingerprint density at radius 1 is 0.583 bits per heavy atom. The molecule has 1 aliphatic carbocycles. The van der Waals surface area contributed by atoms with Crippen molar-refractivity contribution in [2.24, 2.45) is 0 Å². The van der Waals surface area contributed by atoms with Crippen LogP contribution >= 0.6 is 22.6 Å². The molecule has 1 saturated carbocycles. The van der Waals surface area contributed by atoms with Crippen molar-refractivity contribution in [1.82, 2.24) is 0 Å². The number of hydrogen-bond donors (Lipinski definition) is 5. The van der Waals surface area contributed by atoms with E-state index >= 15 is 0 Å². The fourth-order valence-corrected chi connectivity index (χ4v) is 2.04. The van der Waals surface area contributed by atoms with Crippen molar-refractivity contribution in [3.8, 4) is 0 Å². The van der Waals surface area contributed by atoms with Crippen LogP contribution < -0.4 is 0 Å². The number of alkyl halides is 1. The van der Waals surface area contributed by atoms with Gasteiger partial charge < -0.3 is 25.5 Å². The molecule has 0 aromatic carbocycles. The molecule has 0 aromatic heterocycles. The van der Waals surface area contributed by atoms with E-state index in [0.717, 1.165) is 0 Å². The van der Waals surface area contributed by atoms with Gasteiger partial charge in [0.25, 0.3) is 0 Å². The Bertz CT molecular complexity index is 107. The molecule has 0 amide bonds. The topological polar surface area (TPSA) is 101 Å². The van der Waals surface area contributed by atoms with E-state index in [-0.39, 0.29) is 0 Å². The maximum Gasteiger partial charge on any atom is 0.111 e. The highest BCUT2D eigenvalue weighted by molar-refractivity contribution is 14.1. The molecule has 72 valence electrons. The van der Waals surface area contributed by atoms with Crippen LogP contribution in [-0.4, -0.2) is 60.0 Å². The summed E-state index contributed by atoms with van der Waals surface area (Å²) in [4.78, 5) is 0. The Labute approximate surface area is 82.8 Å². The predicted octanol–water partition coefficient (Wildman–Crippen LogP) is -2.39. The van der Waals surface area contributed by atoms with Crippen molar-refractivity contribution < 1.29 is 25.5 Å². The molecule has 0 aromatic rings. The van der Waals surface area contributed by atoms with Crippen LogP contribution in [0.25, 0.3) is 0 Å². The van der Waals surface area contributed by atoms with Gasteiger partial charge in [-0.3, -0.25) is 0 Å². The van der Waals surface area contributed by atoms with Gasteiger partial charge in [0.05, 0.1) is 16.1 Å². The van der Waals surface area contributed by atoms with E-state index in [2.05, 4.69) is 0 Å². The van der Waals surface area contributed by atoms with Gasteiger partial charge in [-0.1, -0.05) is 22.6 Å². The summed E-state index contributed by atoms with van der Waals surface area (Å²) in [7, 11) is 0. The second-order valence-electron chi connectivity index (χ2n) is 2.90. The minimum Gasteiger partial charge on any atom is -0.389 e. The van der Waals surface area contributed by atoms with Gasteiger partial charge in [0, 0.05) is 0 Å². The first kappa shape index (κ1) is 10.6. The van der Waals surface area contributed by atoms with E-state index in [9.17, 15) is 10.2 Å². The van der Waals surface area contributed by atoms with Gasteiger partial charge in [0.1, 0.15) is 18.3 Å². The number of aliphatic hydroxyl groups excluding tert-OH is 5.